The number of likely N-dealkylation sites (tertiary alicyclic amines) is 1. The van der Waals surface area contributed by atoms with Crippen LogP contribution in [0, 0.1) is 5.92 Å². The average Bonchev–Trinajstić information content (AvgIpc) is 3.20. The lowest BCUT2D eigenvalue weighted by Crippen LogP contribution is -2.43. The molecule has 0 unspecified atom stereocenters. The molecule has 0 atom stereocenters. The molecule has 2 amide bonds. The SMILES string of the molecule is CNC(=O)c1ccc2c(c1)c1cn(C)nc1n2C(=O)N1CCC(C(F)(F)F)CC1. The molecular weight excluding hydrogens is 387 g/mol. The van der Waals surface area contributed by atoms with E-state index < -0.39 is 18.1 Å². The van der Waals surface area contributed by atoms with Gasteiger partial charge < -0.3 is 10.2 Å². The normalized spacial score (nSPS) is 16.0. The van der Waals surface area contributed by atoms with Crippen LogP contribution in [0.3, 0.4) is 0 Å². The van der Waals surface area contributed by atoms with Gasteiger partial charge in [-0.25, -0.2) is 9.36 Å². The molecule has 1 saturated heterocycles. The van der Waals surface area contributed by atoms with Gasteiger partial charge in [0.25, 0.3) is 5.91 Å². The zero-order valence-electron chi connectivity index (χ0n) is 16.0. The quantitative estimate of drug-likeness (QED) is 0.674. The first kappa shape index (κ1) is 19.3. The van der Waals surface area contributed by atoms with Gasteiger partial charge in [0, 0.05) is 49.7 Å². The molecule has 2 aromatic heterocycles. The summed E-state index contributed by atoms with van der Waals surface area (Å²) in [7, 11) is 3.25. The third-order valence-corrected chi connectivity index (χ3v) is 5.46. The number of hydrogen-bond donors (Lipinski definition) is 1. The summed E-state index contributed by atoms with van der Waals surface area (Å²) in [5.41, 5.74) is 1.43. The summed E-state index contributed by atoms with van der Waals surface area (Å²) in [6, 6.07) is 4.57. The highest BCUT2D eigenvalue weighted by Crippen LogP contribution is 2.35. The number of carbonyl (C=O) groups is 2. The van der Waals surface area contributed by atoms with Crippen molar-refractivity contribution < 1.29 is 22.8 Å². The summed E-state index contributed by atoms with van der Waals surface area (Å²) >= 11 is 0. The van der Waals surface area contributed by atoms with Gasteiger partial charge in [0.15, 0.2) is 5.65 Å². The molecular formula is C19H20F3N5O2. The van der Waals surface area contributed by atoms with Crippen LogP contribution in [0.15, 0.2) is 24.4 Å². The van der Waals surface area contributed by atoms with E-state index >= 15 is 0 Å². The zero-order chi connectivity index (χ0) is 20.9. The summed E-state index contributed by atoms with van der Waals surface area (Å²) in [4.78, 5) is 26.6. The number of benzene rings is 1. The second-order valence-electron chi connectivity index (χ2n) is 7.27. The van der Waals surface area contributed by atoms with Crippen LogP contribution in [0.5, 0.6) is 0 Å². The first-order valence-corrected chi connectivity index (χ1v) is 9.26. The van der Waals surface area contributed by atoms with Gasteiger partial charge in [0.05, 0.1) is 11.4 Å². The number of nitrogens with zero attached hydrogens (tertiary/aromatic N) is 4. The van der Waals surface area contributed by atoms with Crippen molar-refractivity contribution in [3.63, 3.8) is 0 Å². The Balaban J connectivity index is 1.74. The molecule has 1 aliphatic rings. The minimum Gasteiger partial charge on any atom is -0.355 e. The Labute approximate surface area is 164 Å². The molecule has 3 aromatic rings. The molecule has 4 rings (SSSR count). The first-order chi connectivity index (χ1) is 13.7. The first-order valence-electron chi connectivity index (χ1n) is 9.26. The third kappa shape index (κ3) is 3.22. The Morgan fingerprint density at radius 1 is 1.17 bits per heavy atom. The fourth-order valence-corrected chi connectivity index (χ4v) is 3.91. The van der Waals surface area contributed by atoms with E-state index in [-0.39, 0.29) is 31.8 Å². The van der Waals surface area contributed by atoms with Crippen molar-refractivity contribution in [2.75, 3.05) is 20.1 Å². The Hall–Kier alpha value is -3.04. The smallest absolute Gasteiger partial charge is 0.355 e. The number of piperidine rings is 1. The number of nitrogens with one attached hydrogen (secondary N) is 1. The fraction of sp³-hybridized carbons (Fsp3) is 0.421. The van der Waals surface area contributed by atoms with Crippen molar-refractivity contribution in [1.29, 1.82) is 0 Å². The van der Waals surface area contributed by atoms with E-state index in [0.29, 0.717) is 27.5 Å². The number of rotatable bonds is 1. The van der Waals surface area contributed by atoms with Gasteiger partial charge in [0.1, 0.15) is 0 Å². The molecule has 10 heteroatoms. The van der Waals surface area contributed by atoms with E-state index in [1.807, 2.05) is 0 Å². The van der Waals surface area contributed by atoms with E-state index in [4.69, 9.17) is 0 Å². The van der Waals surface area contributed by atoms with Gasteiger partial charge in [-0.2, -0.15) is 18.3 Å². The maximum atomic E-state index is 13.2. The maximum absolute atomic E-state index is 13.2. The minimum atomic E-state index is -4.24. The minimum absolute atomic E-state index is 0.0351. The van der Waals surface area contributed by atoms with Crippen LogP contribution in [-0.4, -0.2) is 57.5 Å². The molecule has 7 nitrogen and oxygen atoms in total. The number of amides is 2. The molecule has 1 aliphatic heterocycles. The summed E-state index contributed by atoms with van der Waals surface area (Å²) in [5.74, 6) is -1.63. The lowest BCUT2D eigenvalue weighted by molar-refractivity contribution is -0.183. The lowest BCUT2D eigenvalue weighted by Gasteiger charge is -2.33. The Bertz CT molecular complexity index is 1110. The predicted octanol–water partition coefficient (Wildman–Crippen LogP) is 3.13. The topological polar surface area (TPSA) is 72.2 Å². The van der Waals surface area contributed by atoms with E-state index in [1.54, 1.807) is 36.1 Å². The van der Waals surface area contributed by atoms with Gasteiger partial charge in [0.2, 0.25) is 0 Å². The van der Waals surface area contributed by atoms with E-state index in [2.05, 4.69) is 10.4 Å². The van der Waals surface area contributed by atoms with Crippen LogP contribution in [0.4, 0.5) is 18.0 Å². The molecule has 0 spiro atoms. The van der Waals surface area contributed by atoms with Gasteiger partial charge >= 0.3 is 12.2 Å². The van der Waals surface area contributed by atoms with Crippen molar-refractivity contribution in [3.05, 3.63) is 30.0 Å². The number of carbonyl (C=O) groups excluding carboxylic acids is 2. The summed E-state index contributed by atoms with van der Waals surface area (Å²) < 4.78 is 41.8. The van der Waals surface area contributed by atoms with Gasteiger partial charge in [-0.1, -0.05) is 0 Å². The standard InChI is InChI=1S/C19H20F3N5O2/c1-23-17(28)11-3-4-15-13(9-11)14-10-25(2)24-16(14)27(15)18(29)26-7-5-12(6-8-26)19(20,21)22/h3-4,9-10,12H,5-8H2,1-2H3,(H,23,28). The molecule has 29 heavy (non-hydrogen) atoms. The lowest BCUT2D eigenvalue weighted by atomic mass is 9.96. The fourth-order valence-electron chi connectivity index (χ4n) is 3.91. The maximum Gasteiger partial charge on any atom is 0.391 e. The highest BCUT2D eigenvalue weighted by atomic mass is 19.4. The van der Waals surface area contributed by atoms with Gasteiger partial charge in [-0.3, -0.25) is 9.48 Å². The van der Waals surface area contributed by atoms with E-state index in [0.717, 1.165) is 0 Å². The Morgan fingerprint density at radius 2 is 1.86 bits per heavy atom. The summed E-state index contributed by atoms with van der Waals surface area (Å²) in [6.07, 6.45) is -2.70. The van der Waals surface area contributed by atoms with Crippen LogP contribution in [0.25, 0.3) is 21.9 Å². The molecule has 1 fully saturated rings. The van der Waals surface area contributed by atoms with Crippen molar-refractivity contribution in [2.45, 2.75) is 19.0 Å². The average molecular weight is 407 g/mol. The monoisotopic (exact) mass is 407 g/mol. The van der Waals surface area contributed by atoms with Crippen LogP contribution >= 0.6 is 0 Å². The second-order valence-corrected chi connectivity index (χ2v) is 7.27. The second kappa shape index (κ2) is 6.78. The van der Waals surface area contributed by atoms with Gasteiger partial charge in [-0.05, 0) is 31.0 Å². The van der Waals surface area contributed by atoms with Crippen molar-refractivity contribution in [1.82, 2.24) is 24.6 Å². The van der Waals surface area contributed by atoms with Crippen molar-refractivity contribution in [3.8, 4) is 0 Å². The molecule has 154 valence electrons. The number of fused-ring (bicyclic) bond motifs is 3. The number of aromatic nitrogens is 3. The van der Waals surface area contributed by atoms with Gasteiger partial charge in [-0.15, -0.1) is 0 Å². The number of halogens is 3. The van der Waals surface area contributed by atoms with E-state index in [1.165, 1.54) is 16.5 Å². The van der Waals surface area contributed by atoms with E-state index in [9.17, 15) is 22.8 Å². The molecule has 0 bridgehead atoms. The van der Waals surface area contributed by atoms with Crippen LogP contribution in [0.2, 0.25) is 0 Å². The highest BCUT2D eigenvalue weighted by molar-refractivity contribution is 6.13. The van der Waals surface area contributed by atoms with Crippen LogP contribution in [-0.2, 0) is 7.05 Å². The molecule has 3 heterocycles. The zero-order valence-corrected chi connectivity index (χ0v) is 16.0. The number of aryl methyl sites for hydroxylation is 1. The predicted molar refractivity (Wildman–Crippen MR) is 101 cm³/mol. The Morgan fingerprint density at radius 3 is 2.48 bits per heavy atom. The highest BCUT2D eigenvalue weighted by Gasteiger charge is 2.42. The summed E-state index contributed by atoms with van der Waals surface area (Å²) in [5, 5.41) is 8.32. The Kier molecular flexibility index (Phi) is 4.51. The number of hydrogen-bond acceptors (Lipinski definition) is 3. The van der Waals surface area contributed by atoms with Crippen LogP contribution < -0.4 is 5.32 Å². The summed E-state index contributed by atoms with van der Waals surface area (Å²) in [6.45, 7) is 0.0701. The largest absolute Gasteiger partial charge is 0.391 e. The van der Waals surface area contributed by atoms with Crippen molar-refractivity contribution >= 4 is 33.9 Å². The molecule has 0 radical (unpaired) electrons. The number of alkyl halides is 3. The van der Waals surface area contributed by atoms with Crippen molar-refractivity contribution in [2.24, 2.45) is 13.0 Å². The molecule has 1 N–H and O–H groups in total. The molecule has 1 aromatic carbocycles. The van der Waals surface area contributed by atoms with Crippen LogP contribution in [0.1, 0.15) is 23.2 Å². The third-order valence-electron chi connectivity index (χ3n) is 5.46. The molecule has 0 aliphatic carbocycles. The molecule has 0 saturated carbocycles.